The summed E-state index contributed by atoms with van der Waals surface area (Å²) in [5.41, 5.74) is 2.49. The lowest BCUT2D eigenvalue weighted by atomic mass is 10.2. The van der Waals surface area contributed by atoms with E-state index in [0.717, 1.165) is 37.0 Å². The van der Waals surface area contributed by atoms with Crippen LogP contribution in [0.5, 0.6) is 5.75 Å². The fourth-order valence-corrected chi connectivity index (χ4v) is 2.75. The van der Waals surface area contributed by atoms with Gasteiger partial charge in [-0.05, 0) is 69.0 Å². The Kier molecular flexibility index (Phi) is 7.00. The molecule has 0 atom stereocenters. The average Bonchev–Trinajstić information content (AvgIpc) is 3.13. The van der Waals surface area contributed by atoms with Gasteiger partial charge in [-0.1, -0.05) is 6.58 Å². The molecule has 29 heavy (non-hydrogen) atoms. The van der Waals surface area contributed by atoms with Crippen molar-refractivity contribution in [2.75, 3.05) is 13.2 Å². The number of rotatable bonds is 10. The van der Waals surface area contributed by atoms with Crippen molar-refractivity contribution in [3.63, 3.8) is 0 Å². The Balaban J connectivity index is 1.42. The number of esters is 1. The van der Waals surface area contributed by atoms with Gasteiger partial charge >= 0.3 is 5.97 Å². The van der Waals surface area contributed by atoms with Crippen LogP contribution in [0.3, 0.4) is 0 Å². The average molecular weight is 397 g/mol. The molecule has 152 valence electrons. The molecule has 0 saturated heterocycles. The Morgan fingerprint density at radius 1 is 1.07 bits per heavy atom. The highest BCUT2D eigenvalue weighted by atomic mass is 19.1. The number of nitrogens with zero attached hydrogens (tertiary/aromatic N) is 1. The maximum Gasteiger partial charge on any atom is 0.333 e. The molecule has 2 aromatic carbocycles. The molecule has 0 saturated carbocycles. The molecule has 3 aromatic rings. The summed E-state index contributed by atoms with van der Waals surface area (Å²) in [4.78, 5) is 15.7. The van der Waals surface area contributed by atoms with Crippen LogP contribution in [0.2, 0.25) is 0 Å². The number of hydrogen-bond donors (Lipinski definition) is 0. The van der Waals surface area contributed by atoms with Crippen molar-refractivity contribution in [1.29, 1.82) is 0 Å². The van der Waals surface area contributed by atoms with Crippen molar-refractivity contribution in [3.8, 4) is 17.2 Å². The molecular weight excluding hydrogens is 373 g/mol. The zero-order valence-electron chi connectivity index (χ0n) is 16.4. The number of ether oxygens (including phenoxy) is 2. The number of aromatic nitrogens is 1. The summed E-state index contributed by atoms with van der Waals surface area (Å²) in [5, 5.41) is 0. The van der Waals surface area contributed by atoms with Crippen molar-refractivity contribution in [2.45, 2.75) is 32.6 Å². The molecule has 0 aliphatic heterocycles. The minimum atomic E-state index is -0.334. The normalized spacial score (nSPS) is 10.8. The van der Waals surface area contributed by atoms with E-state index in [2.05, 4.69) is 11.6 Å². The van der Waals surface area contributed by atoms with E-state index < -0.39 is 0 Å². The van der Waals surface area contributed by atoms with Gasteiger partial charge in [0.15, 0.2) is 5.58 Å². The maximum atomic E-state index is 13.1. The molecule has 0 radical (unpaired) electrons. The second-order valence-corrected chi connectivity index (χ2v) is 6.83. The summed E-state index contributed by atoms with van der Waals surface area (Å²) in [7, 11) is 0. The molecule has 0 amide bonds. The van der Waals surface area contributed by atoms with Crippen LogP contribution in [-0.4, -0.2) is 24.2 Å². The van der Waals surface area contributed by atoms with Crippen LogP contribution in [0.15, 0.2) is 59.0 Å². The van der Waals surface area contributed by atoms with Crippen molar-refractivity contribution in [1.82, 2.24) is 4.98 Å². The zero-order valence-corrected chi connectivity index (χ0v) is 16.4. The SMILES string of the molecule is C=C(C)C(=O)OCCCCCCOc1ccc2oc(-c3ccc(F)cc3)nc2c1. The quantitative estimate of drug-likeness (QED) is 0.250. The van der Waals surface area contributed by atoms with Crippen LogP contribution < -0.4 is 4.74 Å². The number of fused-ring (bicyclic) bond motifs is 1. The smallest absolute Gasteiger partial charge is 0.333 e. The first kappa shape index (κ1) is 20.6. The lowest BCUT2D eigenvalue weighted by molar-refractivity contribution is -0.139. The highest BCUT2D eigenvalue weighted by molar-refractivity contribution is 5.86. The van der Waals surface area contributed by atoms with Crippen molar-refractivity contribution < 1.29 is 23.1 Å². The third-order valence-electron chi connectivity index (χ3n) is 4.34. The third-order valence-corrected chi connectivity index (χ3v) is 4.34. The van der Waals surface area contributed by atoms with Gasteiger partial charge in [0.1, 0.15) is 17.1 Å². The lowest BCUT2D eigenvalue weighted by Gasteiger charge is -2.06. The molecule has 0 aliphatic carbocycles. The molecule has 0 unspecified atom stereocenters. The van der Waals surface area contributed by atoms with Crippen LogP contribution in [0.1, 0.15) is 32.6 Å². The molecule has 1 aromatic heterocycles. The molecule has 5 nitrogen and oxygen atoms in total. The first-order chi connectivity index (χ1) is 14.0. The number of unbranched alkanes of at least 4 members (excludes halogenated alkanes) is 3. The topological polar surface area (TPSA) is 61.6 Å². The first-order valence-electron chi connectivity index (χ1n) is 9.65. The van der Waals surface area contributed by atoms with Gasteiger partial charge in [0.05, 0.1) is 13.2 Å². The predicted molar refractivity (Wildman–Crippen MR) is 109 cm³/mol. The first-order valence-corrected chi connectivity index (χ1v) is 9.65. The number of benzene rings is 2. The molecule has 1 heterocycles. The molecule has 6 heteroatoms. The van der Waals surface area contributed by atoms with Crippen molar-refractivity contribution >= 4 is 17.1 Å². The molecule has 0 N–H and O–H groups in total. The van der Waals surface area contributed by atoms with Crippen LogP contribution in [-0.2, 0) is 9.53 Å². The van der Waals surface area contributed by atoms with E-state index in [1.54, 1.807) is 19.1 Å². The Hall–Kier alpha value is -3.15. The van der Waals surface area contributed by atoms with Gasteiger partial charge in [-0.25, -0.2) is 14.2 Å². The van der Waals surface area contributed by atoms with Crippen LogP contribution >= 0.6 is 0 Å². The monoisotopic (exact) mass is 397 g/mol. The van der Waals surface area contributed by atoms with Gasteiger partial charge in [-0.15, -0.1) is 0 Å². The Bertz CT molecular complexity index is 978. The van der Waals surface area contributed by atoms with Crippen molar-refractivity contribution in [3.05, 3.63) is 60.4 Å². The fourth-order valence-electron chi connectivity index (χ4n) is 2.75. The highest BCUT2D eigenvalue weighted by Crippen LogP contribution is 2.27. The summed E-state index contributed by atoms with van der Waals surface area (Å²) in [6.45, 7) is 6.20. The van der Waals surface area contributed by atoms with Gasteiger partial charge in [0.25, 0.3) is 0 Å². The Morgan fingerprint density at radius 2 is 1.79 bits per heavy atom. The van der Waals surface area contributed by atoms with E-state index in [1.807, 2.05) is 18.2 Å². The largest absolute Gasteiger partial charge is 0.494 e. The molecule has 0 bridgehead atoms. The second-order valence-electron chi connectivity index (χ2n) is 6.83. The van der Waals surface area contributed by atoms with Crippen LogP contribution in [0.4, 0.5) is 4.39 Å². The minimum absolute atomic E-state index is 0.298. The standard InChI is InChI=1S/C23H24FNO4/c1-16(2)23(26)28-14-6-4-3-5-13-27-19-11-12-21-20(15-19)25-22(29-21)17-7-9-18(24)10-8-17/h7-12,15H,1,3-6,13-14H2,2H3. The number of oxazole rings is 1. The summed E-state index contributed by atoms with van der Waals surface area (Å²) in [6.07, 6.45) is 3.70. The minimum Gasteiger partial charge on any atom is -0.494 e. The van der Waals surface area contributed by atoms with E-state index in [0.29, 0.717) is 35.8 Å². The van der Waals surface area contributed by atoms with E-state index in [4.69, 9.17) is 13.9 Å². The summed E-state index contributed by atoms with van der Waals surface area (Å²) >= 11 is 0. The van der Waals surface area contributed by atoms with Crippen LogP contribution in [0, 0.1) is 5.82 Å². The summed E-state index contributed by atoms with van der Waals surface area (Å²) < 4.78 is 29.6. The van der Waals surface area contributed by atoms with E-state index in [1.165, 1.54) is 12.1 Å². The number of hydrogen-bond acceptors (Lipinski definition) is 5. The van der Waals surface area contributed by atoms with Gasteiger partial charge in [-0.3, -0.25) is 0 Å². The summed E-state index contributed by atoms with van der Waals surface area (Å²) in [5.74, 6) is 0.545. The molecule has 0 fully saturated rings. The van der Waals surface area contributed by atoms with Gasteiger partial charge in [0.2, 0.25) is 5.89 Å². The number of carbonyl (C=O) groups excluding carboxylic acids is 1. The molecule has 0 spiro atoms. The molecule has 0 aliphatic rings. The lowest BCUT2D eigenvalue weighted by Crippen LogP contribution is -2.06. The van der Waals surface area contributed by atoms with E-state index >= 15 is 0 Å². The fraction of sp³-hybridized carbons (Fsp3) is 0.304. The second kappa shape index (κ2) is 9.87. The van der Waals surface area contributed by atoms with Crippen LogP contribution in [0.25, 0.3) is 22.6 Å². The van der Waals surface area contributed by atoms with Gasteiger partial charge in [0, 0.05) is 17.2 Å². The van der Waals surface area contributed by atoms with Gasteiger partial charge < -0.3 is 13.9 Å². The number of carbonyl (C=O) groups is 1. The predicted octanol–water partition coefficient (Wildman–Crippen LogP) is 5.69. The van der Waals surface area contributed by atoms with Gasteiger partial charge in [-0.2, -0.15) is 0 Å². The third kappa shape index (κ3) is 5.91. The highest BCUT2D eigenvalue weighted by Gasteiger charge is 2.09. The maximum absolute atomic E-state index is 13.1. The molecule has 3 rings (SSSR count). The van der Waals surface area contributed by atoms with Crippen molar-refractivity contribution in [2.24, 2.45) is 0 Å². The van der Waals surface area contributed by atoms with E-state index in [-0.39, 0.29) is 11.8 Å². The Morgan fingerprint density at radius 3 is 2.52 bits per heavy atom. The van der Waals surface area contributed by atoms with E-state index in [9.17, 15) is 9.18 Å². The number of halogens is 1. The zero-order chi connectivity index (χ0) is 20.6. The molecular formula is C23H24FNO4. The summed E-state index contributed by atoms with van der Waals surface area (Å²) in [6, 6.07) is 11.5. The Labute approximate surface area is 169 Å².